The summed E-state index contributed by atoms with van der Waals surface area (Å²) in [5.41, 5.74) is 0.0215. The maximum absolute atomic E-state index is 13.2. The number of aromatic nitrogens is 1. The predicted molar refractivity (Wildman–Crippen MR) is 144 cm³/mol. The summed E-state index contributed by atoms with van der Waals surface area (Å²) >= 11 is 0. The zero-order valence-electron chi connectivity index (χ0n) is 23.1. The van der Waals surface area contributed by atoms with Gasteiger partial charge in [-0.25, -0.2) is 9.59 Å². The Hall–Kier alpha value is -2.94. The average molecular weight is 551 g/mol. The Bertz CT molecular complexity index is 1160. The van der Waals surface area contributed by atoms with Crippen LogP contribution in [0.1, 0.15) is 59.6 Å². The molecule has 1 aromatic carbocycles. The quantitative estimate of drug-likeness (QED) is 0.289. The lowest BCUT2D eigenvalue weighted by atomic mass is 10.1. The molecule has 1 atom stereocenters. The number of esters is 1. The summed E-state index contributed by atoms with van der Waals surface area (Å²) in [6, 6.07) is 10.9. The second-order valence-electron chi connectivity index (χ2n) is 10.4. The third-order valence-electron chi connectivity index (χ3n) is 4.77. The molecule has 2 rings (SSSR count). The van der Waals surface area contributed by atoms with Gasteiger partial charge in [-0.3, -0.25) is 9.36 Å². The summed E-state index contributed by atoms with van der Waals surface area (Å²) in [6.45, 7) is 12.1. The van der Waals surface area contributed by atoms with Crippen molar-refractivity contribution in [2.45, 2.75) is 91.6 Å². The number of benzene rings is 1. The van der Waals surface area contributed by atoms with Gasteiger partial charge in [0.2, 0.25) is 0 Å². The maximum atomic E-state index is 13.2. The summed E-state index contributed by atoms with van der Waals surface area (Å²) in [5, 5.41) is 2.54. The third kappa shape index (κ3) is 11.2. The highest BCUT2D eigenvalue weighted by Crippen LogP contribution is 2.51. The molecule has 0 saturated carbocycles. The standard InChI is InChI=1S/C27H39N2O8P/c1-19(2)36-38(33,37-20(3)4)18-29-14-13-22(16-24(29)30)15-23(28-26(32)35-27(5,6)7)25(31)34-17-21-11-9-8-10-12-21/h8-14,16,19-20,23H,15,17-18H2,1-7H3,(H,28,32)/t23-/m0/s1. The minimum Gasteiger partial charge on any atom is -0.459 e. The highest BCUT2D eigenvalue weighted by molar-refractivity contribution is 7.52. The molecule has 1 heterocycles. The van der Waals surface area contributed by atoms with Gasteiger partial charge in [0, 0.05) is 18.7 Å². The van der Waals surface area contributed by atoms with Crippen LogP contribution in [0.3, 0.4) is 0 Å². The number of hydrogen-bond donors (Lipinski definition) is 1. The lowest BCUT2D eigenvalue weighted by molar-refractivity contribution is -0.147. The summed E-state index contributed by atoms with van der Waals surface area (Å²) in [5.74, 6) is -0.677. The van der Waals surface area contributed by atoms with E-state index < -0.39 is 36.9 Å². The number of carbonyl (C=O) groups is 2. The monoisotopic (exact) mass is 550 g/mol. The number of nitrogens with one attached hydrogen (secondary N) is 1. The van der Waals surface area contributed by atoms with Crippen LogP contribution in [0.25, 0.3) is 0 Å². The maximum Gasteiger partial charge on any atom is 0.408 e. The highest BCUT2D eigenvalue weighted by Gasteiger charge is 2.30. The number of rotatable bonds is 12. The zero-order valence-corrected chi connectivity index (χ0v) is 24.0. The number of pyridine rings is 1. The van der Waals surface area contributed by atoms with Crippen LogP contribution < -0.4 is 10.9 Å². The van der Waals surface area contributed by atoms with Gasteiger partial charge in [0.15, 0.2) is 0 Å². The number of amides is 1. The van der Waals surface area contributed by atoms with Crippen LogP contribution in [0.4, 0.5) is 4.79 Å². The first-order valence-electron chi connectivity index (χ1n) is 12.5. The third-order valence-corrected chi connectivity index (χ3v) is 6.90. The van der Waals surface area contributed by atoms with Gasteiger partial charge in [-0.05, 0) is 65.7 Å². The first kappa shape index (κ1) is 31.3. The second-order valence-corrected chi connectivity index (χ2v) is 12.3. The van der Waals surface area contributed by atoms with Gasteiger partial charge in [-0.1, -0.05) is 30.3 Å². The summed E-state index contributed by atoms with van der Waals surface area (Å²) in [6.07, 6.45) is -0.345. The molecule has 0 unspecified atom stereocenters. The summed E-state index contributed by atoms with van der Waals surface area (Å²) in [7, 11) is -3.60. The van der Waals surface area contributed by atoms with E-state index in [1.54, 1.807) is 54.5 Å². The van der Waals surface area contributed by atoms with E-state index in [1.165, 1.54) is 16.8 Å². The highest BCUT2D eigenvalue weighted by atomic mass is 31.2. The fraction of sp³-hybridized carbons (Fsp3) is 0.519. The molecule has 0 spiro atoms. The van der Waals surface area contributed by atoms with Gasteiger partial charge < -0.3 is 28.4 Å². The van der Waals surface area contributed by atoms with Gasteiger partial charge >= 0.3 is 19.7 Å². The van der Waals surface area contributed by atoms with Crippen LogP contribution in [0.2, 0.25) is 0 Å². The molecule has 0 saturated heterocycles. The SMILES string of the molecule is CC(C)OP(=O)(Cn1ccc(C[C@H](NC(=O)OC(C)(C)C)C(=O)OCc2ccccc2)cc1=O)OC(C)C. The molecule has 1 N–H and O–H groups in total. The van der Waals surface area contributed by atoms with Crippen molar-refractivity contribution in [3.63, 3.8) is 0 Å². The summed E-state index contributed by atoms with van der Waals surface area (Å²) < 4.78 is 36.2. The van der Waals surface area contributed by atoms with Crippen molar-refractivity contribution >= 4 is 19.7 Å². The molecule has 0 radical (unpaired) electrons. The van der Waals surface area contributed by atoms with E-state index in [4.69, 9.17) is 18.5 Å². The van der Waals surface area contributed by atoms with Crippen LogP contribution in [0, 0.1) is 0 Å². The Kier molecular flexibility index (Phi) is 11.3. The molecule has 0 fully saturated rings. The first-order valence-corrected chi connectivity index (χ1v) is 14.2. The second kappa shape index (κ2) is 13.7. The molecule has 2 aromatic rings. The van der Waals surface area contributed by atoms with Crippen LogP contribution in [0.5, 0.6) is 0 Å². The number of ether oxygens (including phenoxy) is 2. The predicted octanol–water partition coefficient (Wildman–Crippen LogP) is 5.03. The van der Waals surface area contributed by atoms with Crippen LogP contribution in [-0.2, 0) is 47.2 Å². The van der Waals surface area contributed by atoms with Crippen molar-refractivity contribution in [2.24, 2.45) is 0 Å². The fourth-order valence-corrected chi connectivity index (χ4v) is 5.50. The molecular formula is C27H39N2O8P. The molecule has 1 aromatic heterocycles. The summed E-state index contributed by atoms with van der Waals surface area (Å²) in [4.78, 5) is 38.2. The van der Waals surface area contributed by atoms with Crippen molar-refractivity contribution in [1.82, 2.24) is 9.88 Å². The Morgan fingerprint density at radius 2 is 1.58 bits per heavy atom. The van der Waals surface area contributed by atoms with Crippen LogP contribution in [0.15, 0.2) is 53.5 Å². The number of alkyl carbamates (subject to hydrolysis) is 1. The lowest BCUT2D eigenvalue weighted by Crippen LogP contribution is -2.45. The molecule has 1 amide bonds. The van der Waals surface area contributed by atoms with Gasteiger partial charge in [0.1, 0.15) is 24.5 Å². The molecule has 0 aliphatic heterocycles. The number of nitrogens with zero attached hydrogens (tertiary/aromatic N) is 1. The molecule has 38 heavy (non-hydrogen) atoms. The van der Waals surface area contributed by atoms with Crippen molar-refractivity contribution in [3.8, 4) is 0 Å². The molecule has 210 valence electrons. The minimum absolute atomic E-state index is 0.0222. The van der Waals surface area contributed by atoms with E-state index in [1.807, 2.05) is 30.3 Å². The van der Waals surface area contributed by atoms with Crippen LogP contribution in [-0.4, -0.2) is 40.5 Å². The molecule has 11 heteroatoms. The normalized spacial score (nSPS) is 12.9. The van der Waals surface area contributed by atoms with Crippen molar-refractivity contribution < 1.29 is 32.7 Å². The van der Waals surface area contributed by atoms with E-state index in [0.29, 0.717) is 5.56 Å². The van der Waals surface area contributed by atoms with E-state index >= 15 is 0 Å². The van der Waals surface area contributed by atoms with E-state index in [-0.39, 0.29) is 31.5 Å². The van der Waals surface area contributed by atoms with E-state index in [0.717, 1.165) is 5.56 Å². The number of hydrogen-bond acceptors (Lipinski definition) is 8. The smallest absolute Gasteiger partial charge is 0.408 e. The van der Waals surface area contributed by atoms with Crippen molar-refractivity contribution in [1.29, 1.82) is 0 Å². The van der Waals surface area contributed by atoms with Crippen molar-refractivity contribution in [3.05, 3.63) is 70.1 Å². The Balaban J connectivity index is 2.22. The molecule has 0 bridgehead atoms. The first-order chi connectivity index (χ1) is 17.7. The number of carbonyl (C=O) groups excluding carboxylic acids is 2. The van der Waals surface area contributed by atoms with E-state index in [2.05, 4.69) is 5.32 Å². The molecule has 0 aliphatic carbocycles. The molecule has 10 nitrogen and oxygen atoms in total. The largest absolute Gasteiger partial charge is 0.459 e. The average Bonchev–Trinajstić information content (AvgIpc) is 2.77. The zero-order chi connectivity index (χ0) is 28.5. The minimum atomic E-state index is -3.60. The Morgan fingerprint density at radius 1 is 0.974 bits per heavy atom. The topological polar surface area (TPSA) is 122 Å². The lowest BCUT2D eigenvalue weighted by Gasteiger charge is -2.24. The van der Waals surface area contributed by atoms with Gasteiger partial charge in [0.25, 0.3) is 5.56 Å². The molecular weight excluding hydrogens is 511 g/mol. The van der Waals surface area contributed by atoms with Crippen LogP contribution >= 0.6 is 7.60 Å². The Labute approximate surface area is 224 Å². The fourth-order valence-electron chi connectivity index (χ4n) is 3.42. The Morgan fingerprint density at radius 3 is 2.11 bits per heavy atom. The van der Waals surface area contributed by atoms with Gasteiger partial charge in [-0.2, -0.15) is 0 Å². The van der Waals surface area contributed by atoms with Gasteiger partial charge in [0.05, 0.1) is 12.2 Å². The molecule has 0 aliphatic rings. The van der Waals surface area contributed by atoms with E-state index in [9.17, 15) is 18.9 Å². The van der Waals surface area contributed by atoms with Gasteiger partial charge in [-0.15, -0.1) is 0 Å². The van der Waals surface area contributed by atoms with Crippen molar-refractivity contribution in [2.75, 3.05) is 0 Å².